The molecule has 3 rings (SSSR count). The van der Waals surface area contributed by atoms with Crippen molar-refractivity contribution in [2.24, 2.45) is 11.3 Å². The van der Waals surface area contributed by atoms with Crippen molar-refractivity contribution in [3.63, 3.8) is 0 Å². The fourth-order valence-corrected chi connectivity index (χ4v) is 5.17. The summed E-state index contributed by atoms with van der Waals surface area (Å²) < 4.78 is 4.67. The summed E-state index contributed by atoms with van der Waals surface area (Å²) in [7, 11) is 1.28. The van der Waals surface area contributed by atoms with Crippen LogP contribution in [0.5, 0.6) is 0 Å². The molecular formula is C26H35N5O4. The van der Waals surface area contributed by atoms with Gasteiger partial charge in [-0.25, -0.2) is 0 Å². The molecule has 9 heteroatoms. The average Bonchev–Trinajstić information content (AvgIpc) is 2.87. The lowest BCUT2D eigenvalue weighted by atomic mass is 9.66. The molecule has 0 saturated heterocycles. The lowest BCUT2D eigenvalue weighted by Gasteiger charge is -2.39. The van der Waals surface area contributed by atoms with Crippen LogP contribution in [0.15, 0.2) is 35.1 Å². The Kier molecular flexibility index (Phi) is 8.71. The summed E-state index contributed by atoms with van der Waals surface area (Å²) >= 11 is 0. The highest BCUT2D eigenvalue weighted by Gasteiger charge is 2.40. The second-order valence-electron chi connectivity index (χ2n) is 9.73. The van der Waals surface area contributed by atoms with Crippen molar-refractivity contribution in [1.82, 2.24) is 15.1 Å². The van der Waals surface area contributed by atoms with E-state index in [-0.39, 0.29) is 18.5 Å². The van der Waals surface area contributed by atoms with Crippen molar-refractivity contribution < 1.29 is 19.4 Å². The predicted molar refractivity (Wildman–Crippen MR) is 129 cm³/mol. The lowest BCUT2D eigenvalue weighted by molar-refractivity contribution is -0.162. The molecule has 9 nitrogen and oxygen atoms in total. The van der Waals surface area contributed by atoms with Crippen LogP contribution < -0.4 is 5.32 Å². The number of nitriles is 2. The number of carbonyl (C=O) groups is 2. The van der Waals surface area contributed by atoms with Gasteiger partial charge in [-0.1, -0.05) is 19.1 Å². The summed E-state index contributed by atoms with van der Waals surface area (Å²) in [6.45, 7) is 4.59. The smallest absolute Gasteiger partial charge is 0.325 e. The molecule has 2 aliphatic carbocycles. The number of aliphatic hydroxyl groups excluding tert-OH is 1. The molecule has 2 atom stereocenters. The SMILES string of the molecule is COC(=O)CN1C=C(C)C(=O)N(CCCNC2CCC(C#N)(C3=C(C#N)CC(C)C=C3)CC2)C1O. The molecule has 0 spiro atoms. The maximum Gasteiger partial charge on any atom is 0.325 e. The Hall–Kier alpha value is -3.14. The third-order valence-corrected chi connectivity index (χ3v) is 7.23. The van der Waals surface area contributed by atoms with Gasteiger partial charge in [0.05, 0.1) is 24.7 Å². The highest BCUT2D eigenvalue weighted by atomic mass is 16.5. The monoisotopic (exact) mass is 481 g/mol. The number of hydrogen-bond acceptors (Lipinski definition) is 8. The van der Waals surface area contributed by atoms with Crippen LogP contribution in [-0.4, -0.2) is 65.9 Å². The minimum atomic E-state index is -1.22. The quantitative estimate of drug-likeness (QED) is 0.399. The van der Waals surface area contributed by atoms with Crippen LogP contribution >= 0.6 is 0 Å². The van der Waals surface area contributed by atoms with E-state index in [1.54, 1.807) is 6.92 Å². The molecule has 0 radical (unpaired) electrons. The van der Waals surface area contributed by atoms with Crippen molar-refractivity contribution in [1.29, 1.82) is 10.5 Å². The van der Waals surface area contributed by atoms with E-state index in [1.807, 2.05) is 6.08 Å². The van der Waals surface area contributed by atoms with Crippen LogP contribution in [0.3, 0.4) is 0 Å². The van der Waals surface area contributed by atoms with E-state index in [9.17, 15) is 25.2 Å². The number of aliphatic hydroxyl groups is 1. The molecule has 1 saturated carbocycles. The summed E-state index contributed by atoms with van der Waals surface area (Å²) in [4.78, 5) is 26.9. The average molecular weight is 482 g/mol. The molecule has 0 aromatic heterocycles. The summed E-state index contributed by atoms with van der Waals surface area (Å²) in [5.74, 6) is -0.434. The lowest BCUT2D eigenvalue weighted by Crippen LogP contribution is -2.54. The largest absolute Gasteiger partial charge is 0.468 e. The highest BCUT2D eigenvalue weighted by molar-refractivity contribution is 5.93. The van der Waals surface area contributed by atoms with Crippen molar-refractivity contribution in [2.75, 3.05) is 26.7 Å². The number of ether oxygens (including phenoxy) is 1. The number of carbonyl (C=O) groups excluding carboxylic acids is 2. The maximum absolute atomic E-state index is 12.5. The van der Waals surface area contributed by atoms with Gasteiger partial charge < -0.3 is 20.1 Å². The Morgan fingerprint density at radius 3 is 2.69 bits per heavy atom. The minimum Gasteiger partial charge on any atom is -0.468 e. The summed E-state index contributed by atoms with van der Waals surface area (Å²) in [6, 6.07) is 5.12. The molecule has 0 aromatic carbocycles. The number of amides is 1. The number of nitrogens with zero attached hydrogens (tertiary/aromatic N) is 4. The van der Waals surface area contributed by atoms with Crippen molar-refractivity contribution in [3.8, 4) is 12.1 Å². The van der Waals surface area contributed by atoms with E-state index in [4.69, 9.17) is 0 Å². The normalized spacial score (nSPS) is 28.9. The van der Waals surface area contributed by atoms with E-state index >= 15 is 0 Å². The number of esters is 1. The van der Waals surface area contributed by atoms with Crippen LogP contribution in [-0.2, 0) is 14.3 Å². The molecule has 35 heavy (non-hydrogen) atoms. The predicted octanol–water partition coefficient (Wildman–Crippen LogP) is 2.33. The third kappa shape index (κ3) is 5.93. The van der Waals surface area contributed by atoms with Crippen LogP contribution in [0.25, 0.3) is 0 Å². The van der Waals surface area contributed by atoms with Gasteiger partial charge in [-0.2, -0.15) is 10.5 Å². The van der Waals surface area contributed by atoms with E-state index in [0.29, 0.717) is 50.3 Å². The van der Waals surface area contributed by atoms with Gasteiger partial charge in [0.15, 0.2) is 0 Å². The molecule has 0 bridgehead atoms. The fraction of sp³-hybridized carbons (Fsp3) is 0.615. The van der Waals surface area contributed by atoms with Crippen molar-refractivity contribution in [3.05, 3.63) is 35.1 Å². The standard InChI is InChI=1S/C26H35N5O4/c1-18-5-6-22(20(13-18)14-27)26(17-28)9-7-21(8-10-26)29-11-4-12-31-24(33)19(2)15-30(25(31)34)16-23(32)35-3/h5-6,15,18,21,25,29,34H,4,7-13,16H2,1-3H3. The number of allylic oxidation sites excluding steroid dienone is 4. The van der Waals surface area contributed by atoms with Gasteiger partial charge in [-0.15, -0.1) is 0 Å². The van der Waals surface area contributed by atoms with E-state index in [2.05, 4.69) is 35.2 Å². The number of rotatable bonds is 8. The first-order valence-electron chi connectivity index (χ1n) is 12.2. The topological polar surface area (TPSA) is 130 Å². The molecule has 1 amide bonds. The van der Waals surface area contributed by atoms with Gasteiger partial charge in [0.25, 0.3) is 5.91 Å². The molecular weight excluding hydrogens is 446 g/mol. The number of hydrogen-bond donors (Lipinski definition) is 2. The Labute approximate surface area is 207 Å². The molecule has 1 aliphatic heterocycles. The zero-order valence-corrected chi connectivity index (χ0v) is 20.8. The second kappa shape index (κ2) is 11.5. The summed E-state index contributed by atoms with van der Waals surface area (Å²) in [6.07, 6.45) is 8.75. The molecule has 2 unspecified atom stereocenters. The van der Waals surface area contributed by atoms with Crippen LogP contribution in [0.2, 0.25) is 0 Å². The molecule has 0 aromatic rings. The minimum absolute atomic E-state index is 0.141. The van der Waals surface area contributed by atoms with Gasteiger partial charge in [0.2, 0.25) is 6.35 Å². The molecule has 1 heterocycles. The molecule has 3 aliphatic rings. The van der Waals surface area contributed by atoms with Gasteiger partial charge in [-0.3, -0.25) is 14.5 Å². The first kappa shape index (κ1) is 26.5. The Morgan fingerprint density at radius 1 is 1.34 bits per heavy atom. The number of methoxy groups -OCH3 is 1. The Bertz CT molecular complexity index is 994. The van der Waals surface area contributed by atoms with Crippen molar-refractivity contribution in [2.45, 2.75) is 64.8 Å². The maximum atomic E-state index is 12.5. The Balaban J connectivity index is 1.50. The van der Waals surface area contributed by atoms with Crippen molar-refractivity contribution >= 4 is 11.9 Å². The van der Waals surface area contributed by atoms with E-state index < -0.39 is 17.7 Å². The van der Waals surface area contributed by atoms with Gasteiger partial charge in [0, 0.05) is 29.9 Å². The Morgan fingerprint density at radius 2 is 2.06 bits per heavy atom. The van der Waals surface area contributed by atoms with Crippen LogP contribution in [0.4, 0.5) is 0 Å². The van der Waals surface area contributed by atoms with E-state index in [1.165, 1.54) is 23.1 Å². The molecule has 188 valence electrons. The number of nitrogens with one attached hydrogen (secondary N) is 1. The fourth-order valence-electron chi connectivity index (χ4n) is 5.17. The van der Waals surface area contributed by atoms with Gasteiger partial charge in [-0.05, 0) is 63.5 Å². The zero-order chi connectivity index (χ0) is 25.6. The third-order valence-electron chi connectivity index (χ3n) is 7.23. The first-order valence-corrected chi connectivity index (χ1v) is 12.2. The second-order valence-corrected chi connectivity index (χ2v) is 9.73. The zero-order valence-electron chi connectivity index (χ0n) is 20.8. The van der Waals surface area contributed by atoms with E-state index in [0.717, 1.165) is 24.0 Å². The first-order chi connectivity index (χ1) is 16.7. The van der Waals surface area contributed by atoms with Crippen LogP contribution in [0, 0.1) is 34.0 Å². The molecule has 2 N–H and O–H groups in total. The molecule has 1 fully saturated rings. The van der Waals surface area contributed by atoms with Crippen LogP contribution in [0.1, 0.15) is 52.4 Å². The highest BCUT2D eigenvalue weighted by Crippen LogP contribution is 2.46. The summed E-state index contributed by atoms with van der Waals surface area (Å²) in [5.41, 5.74) is 1.49. The summed E-state index contributed by atoms with van der Waals surface area (Å²) in [5, 5.41) is 33.7. The van der Waals surface area contributed by atoms with Gasteiger partial charge in [0.1, 0.15) is 6.54 Å². The van der Waals surface area contributed by atoms with Gasteiger partial charge >= 0.3 is 5.97 Å².